The van der Waals surface area contributed by atoms with Crippen LogP contribution in [0.15, 0.2) is 17.1 Å². The highest BCUT2D eigenvalue weighted by Gasteiger charge is 2.56. The van der Waals surface area contributed by atoms with Gasteiger partial charge in [0.2, 0.25) is 0 Å². The number of rotatable bonds is 7. The number of aliphatic hydroxyl groups excluding tert-OH is 1. The Hall–Kier alpha value is -1.55. The molecule has 0 saturated carbocycles. The Morgan fingerprint density at radius 1 is 1.58 bits per heavy atom. The number of hydrogen-bond donors (Lipinski definition) is 3. The number of ether oxygens (including phenoxy) is 1. The monoisotopic (exact) mass is 390 g/mol. The van der Waals surface area contributed by atoms with Gasteiger partial charge in [0, 0.05) is 18.5 Å². The van der Waals surface area contributed by atoms with Gasteiger partial charge in [-0.3, -0.25) is 9.36 Å². The SMILES string of the molecule is CC(C)C(N)C(=O)C[C@H]1[C@@H](F)[C@H](n2ccc(N)nc2=O)O[C@@]1(CO)CCl. The molecule has 8 nitrogen and oxygen atoms in total. The molecule has 0 aliphatic carbocycles. The molecule has 10 heteroatoms. The van der Waals surface area contributed by atoms with Crippen LogP contribution in [0.1, 0.15) is 26.5 Å². The second kappa shape index (κ2) is 7.99. The topological polar surface area (TPSA) is 133 Å². The van der Waals surface area contributed by atoms with Gasteiger partial charge in [0.1, 0.15) is 17.2 Å². The first kappa shape index (κ1) is 20.8. The van der Waals surface area contributed by atoms with Crippen molar-refractivity contribution < 1.29 is 19.0 Å². The van der Waals surface area contributed by atoms with Crippen LogP contribution in [0.4, 0.5) is 10.2 Å². The molecule has 0 bridgehead atoms. The van der Waals surface area contributed by atoms with Crippen molar-refractivity contribution in [3.8, 4) is 0 Å². The van der Waals surface area contributed by atoms with Gasteiger partial charge in [0.05, 0.1) is 18.5 Å². The number of hydrogen-bond acceptors (Lipinski definition) is 7. The van der Waals surface area contributed by atoms with Gasteiger partial charge < -0.3 is 21.3 Å². The van der Waals surface area contributed by atoms with Crippen molar-refractivity contribution in [2.75, 3.05) is 18.2 Å². The highest BCUT2D eigenvalue weighted by molar-refractivity contribution is 6.18. The second-order valence-electron chi connectivity index (χ2n) is 6.90. The molecule has 0 radical (unpaired) electrons. The summed E-state index contributed by atoms with van der Waals surface area (Å²) in [7, 11) is 0. The quantitative estimate of drug-likeness (QED) is 0.567. The number of Topliss-reactive ketones (excluding diaryl/α,β-unsaturated/α-hetero) is 1. The van der Waals surface area contributed by atoms with Gasteiger partial charge >= 0.3 is 5.69 Å². The maximum atomic E-state index is 15.2. The number of nitrogen functional groups attached to an aromatic ring is 1. The lowest BCUT2D eigenvalue weighted by Gasteiger charge is -2.31. The van der Waals surface area contributed by atoms with Crippen molar-refractivity contribution >= 4 is 23.2 Å². The minimum absolute atomic E-state index is 0.0138. The number of nitrogens with zero attached hydrogens (tertiary/aromatic N) is 2. The minimum atomic E-state index is -1.77. The number of aliphatic hydroxyl groups is 1. The van der Waals surface area contributed by atoms with Crippen molar-refractivity contribution in [2.45, 2.75) is 44.3 Å². The summed E-state index contributed by atoms with van der Waals surface area (Å²) in [6, 6.07) is 0.556. The molecule has 5 atom stereocenters. The van der Waals surface area contributed by atoms with Crippen LogP contribution in [0, 0.1) is 11.8 Å². The molecule has 0 spiro atoms. The smallest absolute Gasteiger partial charge is 0.351 e. The summed E-state index contributed by atoms with van der Waals surface area (Å²) in [4.78, 5) is 28.0. The van der Waals surface area contributed by atoms with Crippen molar-refractivity contribution in [3.63, 3.8) is 0 Å². The van der Waals surface area contributed by atoms with E-state index >= 15 is 4.39 Å². The van der Waals surface area contributed by atoms with Gasteiger partial charge in [0.15, 0.2) is 12.4 Å². The summed E-state index contributed by atoms with van der Waals surface area (Å²) in [6.07, 6.45) is -2.16. The predicted octanol–water partition coefficient (Wildman–Crippen LogP) is 0.221. The van der Waals surface area contributed by atoms with Gasteiger partial charge in [-0.1, -0.05) is 13.8 Å². The molecule has 1 aromatic heterocycles. The standard InChI is InChI=1S/C16H24ClFN4O4/c1-8(2)13(20)10(24)5-9-12(18)14(26-16(9,6-17)7-23)22-4-3-11(19)21-15(22)25/h3-4,8-9,12-14,23H,5-7,20H2,1-2H3,(H2,19,21,25)/t9-,12+,13?,14+,16+/m0/s1. The fraction of sp³-hybridized carbons (Fsp3) is 0.688. The molecular weight excluding hydrogens is 367 g/mol. The number of anilines is 1. The zero-order chi connectivity index (χ0) is 19.6. The summed E-state index contributed by atoms with van der Waals surface area (Å²) in [5, 5.41) is 9.80. The molecule has 1 aliphatic rings. The molecule has 146 valence electrons. The molecule has 1 aromatic rings. The first-order valence-electron chi connectivity index (χ1n) is 8.28. The molecule has 5 N–H and O–H groups in total. The number of nitrogens with two attached hydrogens (primary N) is 2. The van der Waals surface area contributed by atoms with Crippen molar-refractivity contribution in [1.82, 2.24) is 9.55 Å². The lowest BCUT2D eigenvalue weighted by atomic mass is 9.81. The Morgan fingerprint density at radius 2 is 2.23 bits per heavy atom. The fourth-order valence-electron chi connectivity index (χ4n) is 3.06. The Labute approximate surface area is 155 Å². The Balaban J connectivity index is 2.36. The van der Waals surface area contributed by atoms with E-state index in [4.69, 9.17) is 27.8 Å². The normalized spacial score (nSPS) is 29.9. The van der Waals surface area contributed by atoms with Crippen LogP contribution in [0.3, 0.4) is 0 Å². The van der Waals surface area contributed by atoms with E-state index in [0.717, 1.165) is 4.57 Å². The lowest BCUT2D eigenvalue weighted by Crippen LogP contribution is -2.46. The Morgan fingerprint density at radius 3 is 2.73 bits per heavy atom. The second-order valence-corrected chi connectivity index (χ2v) is 7.17. The number of halogens is 2. The third-order valence-electron chi connectivity index (χ3n) is 4.82. The van der Waals surface area contributed by atoms with E-state index < -0.39 is 42.3 Å². The molecule has 1 unspecified atom stereocenters. The third-order valence-corrected chi connectivity index (χ3v) is 5.27. The van der Waals surface area contributed by atoms with Crippen LogP contribution in [-0.2, 0) is 9.53 Å². The highest BCUT2D eigenvalue weighted by atomic mass is 35.5. The van der Waals surface area contributed by atoms with Gasteiger partial charge in [0.25, 0.3) is 0 Å². The van der Waals surface area contributed by atoms with E-state index in [1.807, 2.05) is 0 Å². The maximum absolute atomic E-state index is 15.2. The first-order chi connectivity index (χ1) is 12.2. The van der Waals surface area contributed by atoms with E-state index in [-0.39, 0.29) is 29.8 Å². The molecule has 26 heavy (non-hydrogen) atoms. The average molecular weight is 391 g/mol. The van der Waals surface area contributed by atoms with Crippen molar-refractivity contribution in [3.05, 3.63) is 22.7 Å². The lowest BCUT2D eigenvalue weighted by molar-refractivity contribution is -0.126. The number of ketones is 1. The Bertz CT molecular complexity index is 710. The van der Waals surface area contributed by atoms with Crippen LogP contribution in [0.25, 0.3) is 0 Å². The van der Waals surface area contributed by atoms with Crippen LogP contribution in [0.2, 0.25) is 0 Å². The number of carbonyl (C=O) groups excluding carboxylic acids is 1. The van der Waals surface area contributed by atoms with E-state index in [0.29, 0.717) is 0 Å². The number of alkyl halides is 2. The van der Waals surface area contributed by atoms with Gasteiger partial charge in [-0.15, -0.1) is 11.6 Å². The zero-order valence-corrected chi connectivity index (χ0v) is 15.4. The zero-order valence-electron chi connectivity index (χ0n) is 14.6. The highest BCUT2D eigenvalue weighted by Crippen LogP contribution is 2.45. The van der Waals surface area contributed by atoms with Crippen LogP contribution in [-0.4, -0.2) is 50.7 Å². The maximum Gasteiger partial charge on any atom is 0.351 e. The molecule has 2 heterocycles. The third kappa shape index (κ3) is 3.75. The fourth-order valence-corrected chi connectivity index (χ4v) is 3.41. The number of carbonyl (C=O) groups is 1. The summed E-state index contributed by atoms with van der Waals surface area (Å²) in [5.74, 6) is -1.81. The summed E-state index contributed by atoms with van der Waals surface area (Å²) in [5.41, 5.74) is 8.98. The molecule has 0 aromatic carbocycles. The predicted molar refractivity (Wildman–Crippen MR) is 94.4 cm³/mol. The van der Waals surface area contributed by atoms with Gasteiger partial charge in [-0.25, -0.2) is 9.18 Å². The van der Waals surface area contributed by atoms with Gasteiger partial charge in [-0.05, 0) is 12.0 Å². The molecule has 0 amide bonds. The molecule has 1 aliphatic heterocycles. The van der Waals surface area contributed by atoms with Gasteiger partial charge in [-0.2, -0.15) is 4.98 Å². The van der Waals surface area contributed by atoms with Crippen LogP contribution >= 0.6 is 11.6 Å². The molecule has 1 fully saturated rings. The molecule has 1 saturated heterocycles. The van der Waals surface area contributed by atoms with Crippen LogP contribution < -0.4 is 17.2 Å². The molecule has 2 rings (SSSR count). The molecular formula is C16H24ClFN4O4. The number of aromatic nitrogens is 2. The van der Waals surface area contributed by atoms with E-state index in [1.54, 1.807) is 13.8 Å². The summed E-state index contributed by atoms with van der Waals surface area (Å²) in [6.45, 7) is 2.95. The summed E-state index contributed by atoms with van der Waals surface area (Å²) >= 11 is 5.95. The largest absolute Gasteiger partial charge is 0.393 e. The van der Waals surface area contributed by atoms with Crippen molar-refractivity contribution in [1.29, 1.82) is 0 Å². The van der Waals surface area contributed by atoms with E-state index in [9.17, 15) is 14.7 Å². The average Bonchev–Trinajstić information content (AvgIpc) is 2.87. The van der Waals surface area contributed by atoms with E-state index in [1.165, 1.54) is 12.3 Å². The Kier molecular flexibility index (Phi) is 6.38. The van der Waals surface area contributed by atoms with E-state index in [2.05, 4.69) is 4.98 Å². The van der Waals surface area contributed by atoms with Crippen LogP contribution in [0.5, 0.6) is 0 Å². The minimum Gasteiger partial charge on any atom is -0.393 e. The summed E-state index contributed by atoms with van der Waals surface area (Å²) < 4.78 is 21.8. The first-order valence-corrected chi connectivity index (χ1v) is 8.82. The van der Waals surface area contributed by atoms with Crippen molar-refractivity contribution in [2.24, 2.45) is 17.6 Å².